The fourth-order valence-electron chi connectivity index (χ4n) is 2.50. The molecule has 2 N–H and O–H groups in total. The molecule has 0 bridgehead atoms. The average Bonchev–Trinajstić information content (AvgIpc) is 2.62. The maximum absolute atomic E-state index is 11.8. The molecule has 0 heterocycles. The minimum atomic E-state index is -0.185. The van der Waals surface area contributed by atoms with Crippen LogP contribution in [0.15, 0.2) is 42.5 Å². The zero-order chi connectivity index (χ0) is 18.1. The molecule has 25 heavy (non-hydrogen) atoms. The van der Waals surface area contributed by atoms with Gasteiger partial charge < -0.3 is 20.1 Å². The molecular formula is C20H26N2O3. The maximum atomic E-state index is 11.8. The van der Waals surface area contributed by atoms with Gasteiger partial charge in [-0.25, -0.2) is 4.79 Å². The summed E-state index contributed by atoms with van der Waals surface area (Å²) in [6.45, 7) is 5.66. The summed E-state index contributed by atoms with van der Waals surface area (Å²) in [6, 6.07) is 13.5. The van der Waals surface area contributed by atoms with Gasteiger partial charge in [0.2, 0.25) is 0 Å². The van der Waals surface area contributed by atoms with E-state index >= 15 is 0 Å². The molecule has 2 aromatic rings. The molecule has 2 rings (SSSR count). The molecule has 0 saturated carbocycles. The van der Waals surface area contributed by atoms with E-state index in [9.17, 15) is 4.79 Å². The second-order valence-electron chi connectivity index (χ2n) is 5.88. The number of ether oxygens (including phenoxy) is 2. The quantitative estimate of drug-likeness (QED) is 0.721. The predicted octanol–water partition coefficient (Wildman–Crippen LogP) is 3.58. The minimum absolute atomic E-state index is 0.185. The lowest BCUT2D eigenvalue weighted by atomic mass is 10.1. The van der Waals surface area contributed by atoms with Crippen molar-refractivity contribution in [3.63, 3.8) is 0 Å². The third-order valence-corrected chi connectivity index (χ3v) is 3.85. The Labute approximate surface area is 149 Å². The average molecular weight is 342 g/mol. The van der Waals surface area contributed by atoms with Gasteiger partial charge in [0.15, 0.2) is 0 Å². The molecule has 2 aromatic carbocycles. The van der Waals surface area contributed by atoms with Crippen LogP contribution < -0.4 is 20.1 Å². The molecule has 134 valence electrons. The Bertz CT molecular complexity index is 681. The third-order valence-electron chi connectivity index (χ3n) is 3.85. The Morgan fingerprint density at radius 2 is 1.76 bits per heavy atom. The van der Waals surface area contributed by atoms with Crippen LogP contribution in [0.1, 0.15) is 23.1 Å². The maximum Gasteiger partial charge on any atom is 0.315 e. The molecule has 0 aromatic heterocycles. The highest BCUT2D eigenvalue weighted by Gasteiger charge is 2.04. The van der Waals surface area contributed by atoms with Gasteiger partial charge in [-0.2, -0.15) is 0 Å². The lowest BCUT2D eigenvalue weighted by Gasteiger charge is -2.12. The Kier molecular flexibility index (Phi) is 7.14. The van der Waals surface area contributed by atoms with Crippen LogP contribution in [0.2, 0.25) is 0 Å². The number of hydrogen-bond donors (Lipinski definition) is 2. The fourth-order valence-corrected chi connectivity index (χ4v) is 2.50. The highest BCUT2D eigenvalue weighted by molar-refractivity contribution is 5.73. The van der Waals surface area contributed by atoms with Crippen LogP contribution in [-0.4, -0.2) is 26.3 Å². The molecule has 0 saturated heterocycles. The number of aryl methyl sites for hydroxylation is 2. The van der Waals surface area contributed by atoms with Gasteiger partial charge in [0.05, 0.1) is 13.7 Å². The molecule has 5 heteroatoms. The molecule has 0 atom stereocenters. The Morgan fingerprint density at radius 3 is 2.48 bits per heavy atom. The van der Waals surface area contributed by atoms with Gasteiger partial charge in [-0.05, 0) is 49.1 Å². The number of para-hydroxylation sites is 1. The first-order valence-electron chi connectivity index (χ1n) is 8.44. The number of rotatable bonds is 8. The number of benzene rings is 2. The van der Waals surface area contributed by atoms with E-state index in [0.29, 0.717) is 19.7 Å². The van der Waals surface area contributed by atoms with E-state index in [1.807, 2.05) is 56.3 Å². The summed E-state index contributed by atoms with van der Waals surface area (Å²) in [4.78, 5) is 11.8. The van der Waals surface area contributed by atoms with Gasteiger partial charge in [0.1, 0.15) is 11.5 Å². The molecule has 0 unspecified atom stereocenters. The van der Waals surface area contributed by atoms with Crippen molar-refractivity contribution < 1.29 is 14.3 Å². The van der Waals surface area contributed by atoms with E-state index in [-0.39, 0.29) is 6.03 Å². The Morgan fingerprint density at radius 1 is 1.04 bits per heavy atom. The number of hydrogen-bond acceptors (Lipinski definition) is 3. The van der Waals surface area contributed by atoms with Crippen molar-refractivity contribution in [3.05, 3.63) is 59.2 Å². The lowest BCUT2D eigenvalue weighted by Crippen LogP contribution is -2.36. The van der Waals surface area contributed by atoms with Crippen LogP contribution in [0, 0.1) is 13.8 Å². The molecule has 0 aliphatic rings. The highest BCUT2D eigenvalue weighted by Crippen LogP contribution is 2.22. The molecule has 5 nitrogen and oxygen atoms in total. The van der Waals surface area contributed by atoms with Crippen molar-refractivity contribution in [2.45, 2.75) is 26.8 Å². The topological polar surface area (TPSA) is 59.6 Å². The van der Waals surface area contributed by atoms with Gasteiger partial charge in [0.25, 0.3) is 0 Å². The van der Waals surface area contributed by atoms with E-state index in [1.54, 1.807) is 7.11 Å². The van der Waals surface area contributed by atoms with Crippen LogP contribution in [0.3, 0.4) is 0 Å². The zero-order valence-corrected chi connectivity index (χ0v) is 15.1. The SMILES string of the molecule is COc1cccc(CNC(=O)NCCCOc2c(C)cccc2C)c1. The minimum Gasteiger partial charge on any atom is -0.497 e. The normalized spacial score (nSPS) is 10.2. The van der Waals surface area contributed by atoms with Crippen molar-refractivity contribution in [1.82, 2.24) is 10.6 Å². The van der Waals surface area contributed by atoms with Gasteiger partial charge in [-0.3, -0.25) is 0 Å². The van der Waals surface area contributed by atoms with Crippen LogP contribution >= 0.6 is 0 Å². The van der Waals surface area contributed by atoms with Crippen LogP contribution in [0.5, 0.6) is 11.5 Å². The van der Waals surface area contributed by atoms with Crippen molar-refractivity contribution in [3.8, 4) is 11.5 Å². The number of urea groups is 1. The summed E-state index contributed by atoms with van der Waals surface area (Å²) in [5, 5.41) is 5.67. The first-order chi connectivity index (χ1) is 12.1. The van der Waals surface area contributed by atoms with Crippen molar-refractivity contribution in [2.24, 2.45) is 0 Å². The monoisotopic (exact) mass is 342 g/mol. The third kappa shape index (κ3) is 6.03. The molecule has 0 aliphatic carbocycles. The second kappa shape index (κ2) is 9.57. The largest absolute Gasteiger partial charge is 0.497 e. The van der Waals surface area contributed by atoms with E-state index in [0.717, 1.165) is 34.6 Å². The Balaban J connectivity index is 1.64. The second-order valence-corrected chi connectivity index (χ2v) is 5.88. The van der Waals surface area contributed by atoms with Gasteiger partial charge in [0, 0.05) is 13.1 Å². The van der Waals surface area contributed by atoms with Gasteiger partial charge in [-0.15, -0.1) is 0 Å². The zero-order valence-electron chi connectivity index (χ0n) is 15.1. The number of nitrogens with one attached hydrogen (secondary N) is 2. The molecular weight excluding hydrogens is 316 g/mol. The van der Waals surface area contributed by atoms with Crippen molar-refractivity contribution >= 4 is 6.03 Å². The number of methoxy groups -OCH3 is 1. The molecule has 0 spiro atoms. The summed E-state index contributed by atoms with van der Waals surface area (Å²) in [7, 11) is 1.62. The van der Waals surface area contributed by atoms with E-state index in [1.165, 1.54) is 0 Å². The summed E-state index contributed by atoms with van der Waals surface area (Å²) in [6.07, 6.45) is 0.750. The van der Waals surface area contributed by atoms with Crippen molar-refractivity contribution in [1.29, 1.82) is 0 Å². The van der Waals surface area contributed by atoms with Gasteiger partial charge in [-0.1, -0.05) is 30.3 Å². The van der Waals surface area contributed by atoms with Crippen LogP contribution in [0.4, 0.5) is 4.79 Å². The Hall–Kier alpha value is -2.69. The standard InChI is InChI=1S/C20H26N2O3/c1-15-7-4-8-16(2)19(15)25-12-6-11-21-20(23)22-14-17-9-5-10-18(13-17)24-3/h4-5,7-10,13H,6,11-12,14H2,1-3H3,(H2,21,22,23). The summed E-state index contributed by atoms with van der Waals surface area (Å²) < 4.78 is 11.0. The smallest absolute Gasteiger partial charge is 0.315 e. The van der Waals surface area contributed by atoms with E-state index in [4.69, 9.17) is 9.47 Å². The summed E-state index contributed by atoms with van der Waals surface area (Å²) in [5.74, 6) is 1.72. The molecule has 2 amide bonds. The van der Waals surface area contributed by atoms with Crippen LogP contribution in [0.25, 0.3) is 0 Å². The number of carbonyl (C=O) groups excluding carboxylic acids is 1. The van der Waals surface area contributed by atoms with Crippen molar-refractivity contribution in [2.75, 3.05) is 20.3 Å². The lowest BCUT2D eigenvalue weighted by molar-refractivity contribution is 0.238. The molecule has 0 radical (unpaired) electrons. The van der Waals surface area contributed by atoms with Crippen LogP contribution in [-0.2, 0) is 6.54 Å². The molecule has 0 aliphatic heterocycles. The fraction of sp³-hybridized carbons (Fsp3) is 0.350. The highest BCUT2D eigenvalue weighted by atomic mass is 16.5. The molecule has 0 fully saturated rings. The number of amides is 2. The van der Waals surface area contributed by atoms with Gasteiger partial charge >= 0.3 is 6.03 Å². The first kappa shape index (κ1) is 18.6. The summed E-state index contributed by atoms with van der Waals surface area (Å²) in [5.41, 5.74) is 3.25. The van der Waals surface area contributed by atoms with E-state index in [2.05, 4.69) is 10.6 Å². The van der Waals surface area contributed by atoms with E-state index < -0.39 is 0 Å². The summed E-state index contributed by atoms with van der Waals surface area (Å²) >= 11 is 0. The first-order valence-corrected chi connectivity index (χ1v) is 8.44. The predicted molar refractivity (Wildman–Crippen MR) is 99.3 cm³/mol. The number of carbonyl (C=O) groups is 1.